The first-order valence-corrected chi connectivity index (χ1v) is 4.00. The molecule has 1 aliphatic heterocycles. The molecule has 1 unspecified atom stereocenters. The molecular weight excluding hydrogens is 171 g/mol. The Labute approximate surface area is 75.4 Å². The normalized spacial score (nSPS) is 27.4. The summed E-state index contributed by atoms with van der Waals surface area (Å²) in [5, 5.41) is 0. The minimum atomic E-state index is -0.151. The zero-order chi connectivity index (χ0) is 9.26. The molecule has 13 heavy (non-hydrogen) atoms. The zero-order valence-electron chi connectivity index (χ0n) is 6.86. The third-order valence-corrected chi connectivity index (χ3v) is 2.04. The largest absolute Gasteiger partial charge is 0.333 e. The highest BCUT2D eigenvalue weighted by Crippen LogP contribution is 2.25. The Bertz CT molecular complexity index is 312. The highest BCUT2D eigenvalue weighted by molar-refractivity contribution is 6.35. The van der Waals surface area contributed by atoms with Gasteiger partial charge >= 0.3 is 7.48 Å². The van der Waals surface area contributed by atoms with Gasteiger partial charge in [0.25, 0.3) is 0 Å². The van der Waals surface area contributed by atoms with Crippen molar-refractivity contribution in [2.24, 2.45) is 0 Å². The van der Waals surface area contributed by atoms with Crippen LogP contribution in [0, 0.1) is 0 Å². The maximum absolute atomic E-state index is 11.3. The number of hydrogen-bond donors (Lipinski definition) is 0. The lowest BCUT2D eigenvalue weighted by molar-refractivity contribution is -0.182. The van der Waals surface area contributed by atoms with Gasteiger partial charge in [-0.2, -0.15) is 0 Å². The average molecular weight is 178 g/mol. The van der Waals surface area contributed by atoms with Crippen molar-refractivity contribution < 1.29 is 19.3 Å². The Morgan fingerprint density at radius 1 is 1.38 bits per heavy atom. The molecule has 0 saturated carbocycles. The van der Waals surface area contributed by atoms with Gasteiger partial charge in [0.2, 0.25) is 0 Å². The summed E-state index contributed by atoms with van der Waals surface area (Å²) in [5.74, 6) is -0.374. The SMILES string of the molecule is O=C1C=CC(=O)C(C2BOOC2)=C1. The van der Waals surface area contributed by atoms with Crippen LogP contribution in [0.2, 0.25) is 5.82 Å². The Kier molecular flexibility index (Phi) is 2.12. The van der Waals surface area contributed by atoms with E-state index in [1.54, 1.807) is 0 Å². The number of carbonyl (C=O) groups excluding carboxylic acids is 2. The van der Waals surface area contributed by atoms with E-state index in [-0.39, 0.29) is 17.4 Å². The maximum atomic E-state index is 11.3. The van der Waals surface area contributed by atoms with Crippen LogP contribution in [0.3, 0.4) is 0 Å². The highest BCUT2D eigenvalue weighted by Gasteiger charge is 2.29. The molecule has 5 heteroatoms. The van der Waals surface area contributed by atoms with Gasteiger partial charge in [0.15, 0.2) is 11.6 Å². The molecule has 1 saturated heterocycles. The summed E-state index contributed by atoms with van der Waals surface area (Å²) < 4.78 is 0. The lowest BCUT2D eigenvalue weighted by Gasteiger charge is -2.09. The summed E-state index contributed by atoms with van der Waals surface area (Å²) in [7, 11) is 0.346. The summed E-state index contributed by atoms with van der Waals surface area (Å²) in [5.41, 5.74) is 0.491. The molecule has 0 amide bonds. The van der Waals surface area contributed by atoms with Gasteiger partial charge in [-0.15, -0.1) is 0 Å². The fourth-order valence-corrected chi connectivity index (χ4v) is 1.33. The van der Waals surface area contributed by atoms with E-state index in [1.165, 1.54) is 18.2 Å². The second kappa shape index (κ2) is 3.28. The smallest absolute Gasteiger partial charge is 0.309 e. The molecule has 0 aromatic heterocycles. The minimum Gasteiger partial charge on any atom is -0.309 e. The van der Waals surface area contributed by atoms with Gasteiger partial charge < -0.3 is 4.81 Å². The van der Waals surface area contributed by atoms with Crippen molar-refractivity contribution in [2.75, 3.05) is 6.61 Å². The van der Waals surface area contributed by atoms with Crippen LogP contribution in [-0.4, -0.2) is 25.7 Å². The first-order chi connectivity index (χ1) is 6.27. The molecule has 0 aromatic rings. The van der Waals surface area contributed by atoms with Gasteiger partial charge in [-0.1, -0.05) is 0 Å². The maximum Gasteiger partial charge on any atom is 0.333 e. The first kappa shape index (κ1) is 8.41. The molecule has 4 nitrogen and oxygen atoms in total. The summed E-state index contributed by atoms with van der Waals surface area (Å²) in [6.45, 7) is 0.346. The standard InChI is InChI=1S/C8H7BO4/c10-5-1-2-8(11)6(3-5)7-4-12-13-9-7/h1-3,7,9H,4H2. The van der Waals surface area contributed by atoms with Crippen LogP contribution in [0.5, 0.6) is 0 Å². The molecule has 1 heterocycles. The molecule has 2 rings (SSSR count). The molecule has 0 bridgehead atoms. The van der Waals surface area contributed by atoms with Crippen molar-refractivity contribution in [3.05, 3.63) is 23.8 Å². The molecule has 1 fully saturated rings. The Morgan fingerprint density at radius 2 is 2.23 bits per heavy atom. The lowest BCUT2D eigenvalue weighted by atomic mass is 9.73. The fraction of sp³-hybridized carbons (Fsp3) is 0.250. The summed E-state index contributed by atoms with van der Waals surface area (Å²) in [6.07, 6.45) is 3.91. The van der Waals surface area contributed by atoms with E-state index in [4.69, 9.17) is 0 Å². The summed E-state index contributed by atoms with van der Waals surface area (Å²) in [4.78, 5) is 31.6. The quantitative estimate of drug-likeness (QED) is 0.315. The van der Waals surface area contributed by atoms with E-state index in [0.717, 1.165) is 0 Å². The van der Waals surface area contributed by atoms with Crippen LogP contribution in [0.1, 0.15) is 0 Å². The van der Waals surface area contributed by atoms with Crippen molar-refractivity contribution in [3.8, 4) is 0 Å². The monoisotopic (exact) mass is 178 g/mol. The number of rotatable bonds is 1. The van der Waals surface area contributed by atoms with E-state index in [0.29, 0.717) is 19.7 Å². The second-order valence-electron chi connectivity index (χ2n) is 2.97. The van der Waals surface area contributed by atoms with Gasteiger partial charge in [-0.25, -0.2) is 0 Å². The van der Waals surface area contributed by atoms with Crippen molar-refractivity contribution in [1.29, 1.82) is 0 Å². The molecule has 66 valence electrons. The molecule has 2 aliphatic rings. The minimum absolute atomic E-state index is 0.0959. The van der Waals surface area contributed by atoms with E-state index in [2.05, 4.69) is 9.69 Å². The van der Waals surface area contributed by atoms with Crippen molar-refractivity contribution in [1.82, 2.24) is 0 Å². The molecule has 0 spiro atoms. The van der Waals surface area contributed by atoms with E-state index in [9.17, 15) is 9.59 Å². The molecule has 0 aromatic carbocycles. The zero-order valence-corrected chi connectivity index (χ0v) is 6.86. The summed E-state index contributed by atoms with van der Waals surface area (Å²) in [6, 6.07) is 0. The van der Waals surface area contributed by atoms with Crippen LogP contribution in [-0.2, 0) is 19.3 Å². The number of carbonyl (C=O) groups is 2. The Balaban J connectivity index is 2.21. The molecule has 1 atom stereocenters. The third-order valence-electron chi connectivity index (χ3n) is 2.04. The van der Waals surface area contributed by atoms with Crippen LogP contribution in [0.25, 0.3) is 0 Å². The van der Waals surface area contributed by atoms with Crippen molar-refractivity contribution in [2.45, 2.75) is 5.82 Å². The van der Waals surface area contributed by atoms with Gasteiger partial charge in [0.1, 0.15) is 0 Å². The van der Waals surface area contributed by atoms with Crippen LogP contribution >= 0.6 is 0 Å². The summed E-state index contributed by atoms with van der Waals surface area (Å²) >= 11 is 0. The average Bonchev–Trinajstić information content (AvgIpc) is 2.61. The van der Waals surface area contributed by atoms with Crippen molar-refractivity contribution >= 4 is 19.0 Å². The highest BCUT2D eigenvalue weighted by atomic mass is 17.2. The number of hydrogen-bond acceptors (Lipinski definition) is 4. The fourth-order valence-electron chi connectivity index (χ4n) is 1.33. The van der Waals surface area contributed by atoms with Gasteiger partial charge in [0.05, 0.1) is 6.61 Å². The first-order valence-electron chi connectivity index (χ1n) is 4.00. The van der Waals surface area contributed by atoms with E-state index >= 15 is 0 Å². The third kappa shape index (κ3) is 1.61. The number of ketones is 2. The van der Waals surface area contributed by atoms with Gasteiger partial charge in [-0.05, 0) is 18.2 Å². The molecule has 1 aliphatic carbocycles. The Hall–Kier alpha value is -1.20. The predicted octanol–water partition coefficient (Wildman–Crippen LogP) is -0.277. The Morgan fingerprint density at radius 3 is 2.92 bits per heavy atom. The lowest BCUT2D eigenvalue weighted by Crippen LogP contribution is -2.15. The van der Waals surface area contributed by atoms with Crippen molar-refractivity contribution in [3.63, 3.8) is 0 Å². The van der Waals surface area contributed by atoms with Gasteiger partial charge in [0, 0.05) is 11.4 Å². The van der Waals surface area contributed by atoms with Crippen LogP contribution < -0.4 is 0 Å². The predicted molar refractivity (Wildman–Crippen MR) is 45.2 cm³/mol. The van der Waals surface area contributed by atoms with Gasteiger partial charge in [-0.3, -0.25) is 14.5 Å². The molecule has 0 N–H and O–H groups in total. The van der Waals surface area contributed by atoms with E-state index < -0.39 is 0 Å². The topological polar surface area (TPSA) is 52.6 Å². The molecule has 0 radical (unpaired) electrons. The van der Waals surface area contributed by atoms with E-state index in [1.807, 2.05) is 0 Å². The van der Waals surface area contributed by atoms with Crippen LogP contribution in [0.15, 0.2) is 23.8 Å². The second-order valence-corrected chi connectivity index (χ2v) is 2.97. The van der Waals surface area contributed by atoms with Crippen LogP contribution in [0.4, 0.5) is 0 Å². The number of allylic oxidation sites excluding steroid dienone is 3. The molecular formula is C8H7BO4.